The molecule has 1 radical (unpaired) electrons. The van der Waals surface area contributed by atoms with Crippen molar-refractivity contribution >= 4 is 220 Å². The third-order valence-electron chi connectivity index (χ3n) is 27.0. The molecule has 8 bridgehead atoms. The molecule has 8 N–H and O–H groups in total. The maximum Gasteiger partial charge on any atom is 2.00 e. The van der Waals surface area contributed by atoms with Crippen molar-refractivity contribution in [2.24, 2.45) is 0 Å². The molecule has 2 aliphatic heterocycles. The van der Waals surface area contributed by atoms with E-state index in [-0.39, 0.29) is 63.0 Å². The minimum atomic E-state index is 0. The maximum absolute atomic E-state index is 6.26. The standard InChI is InChI=1S/C112H72N24.Mn/c1-17-41-81-65(25-1)49-57-129(81)121-97-73-33-9-10-34-74(73)98(122-130-58-50-66-26-2-18-42-82(66)130)90-89(97)105-113-106(90)118-108-93-94(102(126-134-62-54-70-30-6-22-46-86(70)134)78-38-14-13-37-77(78)101(93)125-133-61-53-69-29-5-21-45-85(69)133)110(115-108)120-112-96-95(103(127-135-63-55-71-31-7-23-47-87(71)135)79-39-15-16-40-80(79)104(96)128-136-64-56-72-32-8-24-48-88(72)136)111(116-112)119-109-92-91(107(114-109)117-105)99(123-131-59-51-67-27-3-19-43-83(67)131)75-35-11-12-36-76(75)100(92)124-132-60-52-68-28-4-20-44-84(68)132;/h1-64,121-128H;/q-2;+2. The number of benzene rings is 16. The predicted octanol–water partition coefficient (Wildman–Crippen LogP) is 25.4. The van der Waals surface area contributed by atoms with Gasteiger partial charge in [-0.25, -0.2) is 9.97 Å². The molecule has 0 saturated heterocycles. The Kier molecular flexibility index (Phi) is 16.9. The van der Waals surface area contributed by atoms with E-state index >= 15 is 0 Å². The van der Waals surface area contributed by atoms with E-state index in [0.29, 0.717) is 89.3 Å². The summed E-state index contributed by atoms with van der Waals surface area (Å²) in [6, 6.07) is 118. The summed E-state index contributed by atoms with van der Waals surface area (Å²) in [5.41, 5.74) is 49.0. The van der Waals surface area contributed by atoms with Gasteiger partial charge in [0.1, 0.15) is 0 Å². The fourth-order valence-electron chi connectivity index (χ4n) is 20.8. The van der Waals surface area contributed by atoms with Crippen LogP contribution in [-0.4, -0.2) is 67.3 Å². The fourth-order valence-corrected chi connectivity index (χ4v) is 20.8. The molecule has 29 rings (SSSR count). The summed E-state index contributed by atoms with van der Waals surface area (Å²) in [4.78, 5) is 49.4. The van der Waals surface area contributed by atoms with Crippen LogP contribution in [0.25, 0.3) is 220 Å². The first-order valence-electron chi connectivity index (χ1n) is 45.1. The molecule has 2 aliphatic rings. The van der Waals surface area contributed by atoms with Crippen LogP contribution in [0.1, 0.15) is 0 Å². The molecular formula is C112H72MnN24. The maximum atomic E-state index is 6.26. The molecule has 0 atom stereocenters. The van der Waals surface area contributed by atoms with Gasteiger partial charge in [-0.05, 0) is 97.1 Å². The monoisotopic (exact) mass is 1810 g/mol. The van der Waals surface area contributed by atoms with Crippen LogP contribution in [-0.2, 0) is 17.1 Å². The molecule has 27 aromatic rings. The Morgan fingerprint density at radius 1 is 0.161 bits per heavy atom. The third-order valence-corrected chi connectivity index (χ3v) is 27.0. The average Bonchev–Trinajstić information content (AvgIpc) is 1.55. The van der Waals surface area contributed by atoms with Crippen LogP contribution in [0.4, 0.5) is 45.5 Å². The first kappa shape index (κ1) is 77.0. The fraction of sp³-hybridized carbons (Fsp3) is 0. The number of hydrogen-bond acceptors (Lipinski definition) is 14. The van der Waals surface area contributed by atoms with Crippen molar-refractivity contribution in [2.45, 2.75) is 0 Å². The number of anilines is 8. The second-order valence-electron chi connectivity index (χ2n) is 34.5. The van der Waals surface area contributed by atoms with Crippen LogP contribution in [0.5, 0.6) is 0 Å². The van der Waals surface area contributed by atoms with E-state index in [2.05, 4.69) is 470 Å². The number of aromatic nitrogens is 16. The Hall–Kier alpha value is -18.8. The Morgan fingerprint density at radius 3 is 0.482 bits per heavy atom. The smallest absolute Gasteiger partial charge is 0.357 e. The Labute approximate surface area is 787 Å². The summed E-state index contributed by atoms with van der Waals surface area (Å²) in [5, 5.41) is 17.4. The van der Waals surface area contributed by atoms with Gasteiger partial charge in [-0.3, -0.25) is 80.8 Å². The molecule has 647 valence electrons. The number of rotatable bonds is 16. The number of fused-ring (bicyclic) bond motifs is 32. The number of para-hydroxylation sites is 8. The molecule has 0 fully saturated rings. The van der Waals surface area contributed by atoms with E-state index in [9.17, 15) is 0 Å². The molecule has 0 saturated carbocycles. The number of hydrogen-bond donors (Lipinski definition) is 8. The molecule has 0 amide bonds. The van der Waals surface area contributed by atoms with Gasteiger partial charge in [-0.2, -0.15) is 0 Å². The van der Waals surface area contributed by atoms with Crippen molar-refractivity contribution < 1.29 is 17.1 Å². The zero-order chi connectivity index (χ0) is 88.9. The van der Waals surface area contributed by atoms with E-state index in [1.54, 1.807) is 0 Å². The average molecular weight is 1810 g/mol. The Balaban J connectivity index is 0.00000927. The minimum absolute atomic E-state index is 0. The summed E-state index contributed by atoms with van der Waals surface area (Å²) in [6.07, 6.45) is 16.5. The largest absolute Gasteiger partial charge is 2.00 e. The Bertz CT molecular complexity index is 8860. The van der Waals surface area contributed by atoms with Gasteiger partial charge in [0.2, 0.25) is 0 Å². The number of nitrogens with zero attached hydrogens (tertiary/aromatic N) is 16. The van der Waals surface area contributed by atoms with Gasteiger partial charge < -0.3 is 29.9 Å². The normalized spacial score (nSPS) is 12.0. The van der Waals surface area contributed by atoms with Crippen LogP contribution >= 0.6 is 0 Å². The van der Waals surface area contributed by atoms with Gasteiger partial charge in [0, 0.05) is 202 Å². The molecule has 24 nitrogen and oxygen atoms in total. The van der Waals surface area contributed by atoms with E-state index in [0.717, 1.165) is 130 Å². The Morgan fingerprint density at radius 2 is 0.307 bits per heavy atom. The van der Waals surface area contributed by atoms with E-state index < -0.39 is 0 Å². The molecule has 16 aromatic carbocycles. The van der Waals surface area contributed by atoms with Crippen molar-refractivity contribution in [3.8, 4) is 45.6 Å². The summed E-state index contributed by atoms with van der Waals surface area (Å²) in [5.74, 6) is 1.07. The molecule has 13 heterocycles. The zero-order valence-corrected chi connectivity index (χ0v) is 73.7. The van der Waals surface area contributed by atoms with Gasteiger partial charge in [-0.1, -0.05) is 243 Å². The molecule has 11 aromatic heterocycles. The quantitative estimate of drug-likeness (QED) is 0.0331. The van der Waals surface area contributed by atoms with E-state index in [4.69, 9.17) is 39.9 Å². The second-order valence-corrected chi connectivity index (χ2v) is 34.5. The van der Waals surface area contributed by atoms with Crippen molar-refractivity contribution in [1.29, 1.82) is 0 Å². The molecule has 0 aliphatic carbocycles. The third kappa shape index (κ3) is 11.9. The van der Waals surface area contributed by atoms with Crippen molar-refractivity contribution in [1.82, 2.24) is 77.3 Å². The SMILES string of the molecule is [Mn+2].c1ccc2c(c1)ccn2Nc1c2c(c(Nn3ccc4ccccc43)c3ccccc13)-c1nc-2nc2[n-]c(nc3nc(nc4[n-]c(n1)c1c(Nn5ccc6ccccc65)c5ccccc5c(Nn5ccc6ccccc65)c41)-c1c-3c(Nn3ccc4ccccc43)c3ccccc3c1Nn1ccc3ccccc31)c1c(Nn3ccc4ccccc43)c3ccccc3c(Nn3ccc4ccccc43)c21. The summed E-state index contributed by atoms with van der Waals surface area (Å²) >= 11 is 0. The van der Waals surface area contributed by atoms with E-state index in [1.807, 2.05) is 0 Å². The second kappa shape index (κ2) is 30.1. The molecule has 0 spiro atoms. The molecule has 137 heavy (non-hydrogen) atoms. The minimum Gasteiger partial charge on any atom is -0.357 e. The van der Waals surface area contributed by atoms with E-state index in [1.165, 1.54) is 0 Å². The van der Waals surface area contributed by atoms with Crippen LogP contribution in [0, 0.1) is 0 Å². The summed E-state index contributed by atoms with van der Waals surface area (Å²) in [7, 11) is 0. The van der Waals surface area contributed by atoms with Gasteiger partial charge in [0.05, 0.1) is 113 Å². The van der Waals surface area contributed by atoms with Crippen LogP contribution < -0.4 is 53.4 Å². The number of nitrogens with one attached hydrogen (secondary N) is 8. The van der Waals surface area contributed by atoms with Gasteiger partial charge in [0.25, 0.3) is 0 Å². The summed E-state index contributed by atoms with van der Waals surface area (Å²) < 4.78 is 16.6. The van der Waals surface area contributed by atoms with Gasteiger partial charge >= 0.3 is 17.1 Å². The molecule has 0 unspecified atom stereocenters. The van der Waals surface area contributed by atoms with Gasteiger partial charge in [0.15, 0.2) is 0 Å². The van der Waals surface area contributed by atoms with Crippen molar-refractivity contribution in [3.63, 3.8) is 0 Å². The van der Waals surface area contributed by atoms with Crippen molar-refractivity contribution in [3.05, 3.63) is 389 Å². The molecular weight excluding hydrogens is 1740 g/mol. The van der Waals surface area contributed by atoms with Crippen molar-refractivity contribution in [2.75, 3.05) is 43.4 Å². The van der Waals surface area contributed by atoms with Crippen LogP contribution in [0.15, 0.2) is 389 Å². The van der Waals surface area contributed by atoms with Crippen LogP contribution in [0.2, 0.25) is 0 Å². The predicted molar refractivity (Wildman–Crippen MR) is 552 cm³/mol. The first-order valence-corrected chi connectivity index (χ1v) is 45.1. The van der Waals surface area contributed by atoms with Gasteiger partial charge in [-0.15, -0.1) is 0 Å². The first-order chi connectivity index (χ1) is 67.4. The van der Waals surface area contributed by atoms with Crippen LogP contribution in [0.3, 0.4) is 0 Å². The summed E-state index contributed by atoms with van der Waals surface area (Å²) in [6.45, 7) is 0. The molecule has 25 heteroatoms. The topological polar surface area (TPSA) is 241 Å². The zero-order valence-electron chi connectivity index (χ0n) is 72.5.